The van der Waals surface area contributed by atoms with Crippen LogP contribution in [0.5, 0.6) is 0 Å². The van der Waals surface area contributed by atoms with E-state index in [2.05, 4.69) is 5.32 Å². The summed E-state index contributed by atoms with van der Waals surface area (Å²) in [5.41, 5.74) is 0.0255. The molecule has 2 rings (SSSR count). The van der Waals surface area contributed by atoms with Crippen molar-refractivity contribution in [2.75, 3.05) is 12.3 Å². The average molecular weight is 336 g/mol. The molecule has 1 fully saturated rings. The largest absolute Gasteiger partial charge is 1.00 e. The van der Waals surface area contributed by atoms with Gasteiger partial charge in [0.1, 0.15) is 0 Å². The van der Waals surface area contributed by atoms with Crippen LogP contribution in [0.2, 0.25) is 0 Å². The Bertz CT molecular complexity index is 495. The molecule has 2 heterocycles. The molecule has 0 bridgehead atoms. The fourth-order valence-electron chi connectivity index (χ4n) is 2.72. The van der Waals surface area contributed by atoms with Gasteiger partial charge in [0, 0.05) is 30.5 Å². The molecule has 6 nitrogen and oxygen atoms in total. The summed E-state index contributed by atoms with van der Waals surface area (Å²) in [5.74, 6) is -1.02. The first-order chi connectivity index (χ1) is 9.47. The summed E-state index contributed by atoms with van der Waals surface area (Å²) < 4.78 is 0. The fraction of sp³-hybridized carbons (Fsp3) is 0.615. The van der Waals surface area contributed by atoms with Crippen molar-refractivity contribution in [1.29, 1.82) is 0 Å². The van der Waals surface area contributed by atoms with Crippen LogP contribution in [-0.4, -0.2) is 41.0 Å². The van der Waals surface area contributed by atoms with E-state index in [1.807, 2.05) is 6.92 Å². The molecule has 0 aromatic heterocycles. The first-order valence-electron chi connectivity index (χ1n) is 6.62. The van der Waals surface area contributed by atoms with E-state index in [0.717, 1.165) is 6.42 Å². The van der Waals surface area contributed by atoms with E-state index in [1.54, 1.807) is 0 Å². The number of fused-ring (bicyclic) bond motifs is 1. The van der Waals surface area contributed by atoms with E-state index >= 15 is 0 Å². The van der Waals surface area contributed by atoms with E-state index in [1.165, 1.54) is 23.6 Å². The Morgan fingerprint density at radius 3 is 2.67 bits per heavy atom. The molecule has 21 heavy (non-hydrogen) atoms. The number of hydrogen-bond acceptors (Lipinski definition) is 5. The van der Waals surface area contributed by atoms with E-state index in [-0.39, 0.29) is 80.9 Å². The SMILES string of the molecule is CC[C@@H]1C(=O)N2C(C(=O)[O-])=C(SCCNC(C)=O)C[C@@H]12.[K+]. The van der Waals surface area contributed by atoms with E-state index in [0.29, 0.717) is 23.6 Å². The monoisotopic (exact) mass is 336 g/mol. The van der Waals surface area contributed by atoms with Crippen LogP contribution >= 0.6 is 11.8 Å². The summed E-state index contributed by atoms with van der Waals surface area (Å²) in [7, 11) is 0. The molecule has 2 atom stereocenters. The second-order valence-corrected chi connectivity index (χ2v) is 6.07. The second-order valence-electron chi connectivity index (χ2n) is 4.89. The number of carboxylic acid groups (broad SMARTS) is 1. The molecule has 1 N–H and O–H groups in total. The number of aliphatic carboxylic acids is 1. The van der Waals surface area contributed by atoms with Crippen LogP contribution in [0.4, 0.5) is 0 Å². The van der Waals surface area contributed by atoms with E-state index < -0.39 is 5.97 Å². The maximum Gasteiger partial charge on any atom is 1.00 e. The van der Waals surface area contributed by atoms with E-state index in [4.69, 9.17) is 0 Å². The van der Waals surface area contributed by atoms with Gasteiger partial charge < -0.3 is 20.1 Å². The Balaban J connectivity index is 0.00000220. The normalized spacial score (nSPS) is 23.3. The van der Waals surface area contributed by atoms with Gasteiger partial charge >= 0.3 is 51.4 Å². The number of rotatable bonds is 6. The number of nitrogens with zero attached hydrogens (tertiary/aromatic N) is 1. The number of nitrogens with one attached hydrogen (secondary N) is 1. The van der Waals surface area contributed by atoms with Gasteiger partial charge in [-0.3, -0.25) is 9.59 Å². The standard InChI is InChI=1S/C13H18N2O4S.K/c1-3-8-9-6-10(20-5-4-14-7(2)16)11(13(18)19)15(9)12(8)17;/h8-9H,3-6H2,1-2H3,(H,14,16)(H,18,19);/q;+1/p-1/t8-,9-;/m0./s1. The van der Waals surface area contributed by atoms with Crippen molar-refractivity contribution >= 4 is 29.5 Å². The van der Waals surface area contributed by atoms with Gasteiger partial charge in [-0.25, -0.2) is 0 Å². The topological polar surface area (TPSA) is 89.5 Å². The zero-order valence-corrected chi connectivity index (χ0v) is 16.4. The number of thioether (sulfide) groups is 1. The first kappa shape index (κ1) is 19.2. The third-order valence-electron chi connectivity index (χ3n) is 3.64. The Labute approximate surface area is 170 Å². The number of carbonyl (C=O) groups is 3. The summed E-state index contributed by atoms with van der Waals surface area (Å²) in [4.78, 5) is 35.9. The Hall–Kier alpha value is 0.136. The summed E-state index contributed by atoms with van der Waals surface area (Å²) in [5, 5.41) is 13.9. The Morgan fingerprint density at radius 2 is 2.14 bits per heavy atom. The molecule has 2 amide bonds. The molecule has 2 aliphatic rings. The van der Waals surface area contributed by atoms with Crippen molar-refractivity contribution in [2.24, 2.45) is 5.92 Å². The second kappa shape index (κ2) is 8.12. The molecular weight excluding hydrogens is 319 g/mol. The van der Waals surface area contributed by atoms with Crippen molar-refractivity contribution in [3.05, 3.63) is 10.6 Å². The third kappa shape index (κ3) is 3.91. The molecule has 110 valence electrons. The van der Waals surface area contributed by atoms with Gasteiger partial charge in [0.2, 0.25) is 11.8 Å². The molecule has 1 saturated heterocycles. The van der Waals surface area contributed by atoms with Crippen molar-refractivity contribution in [1.82, 2.24) is 10.2 Å². The van der Waals surface area contributed by atoms with Crippen LogP contribution in [0.25, 0.3) is 0 Å². The maximum atomic E-state index is 11.9. The summed E-state index contributed by atoms with van der Waals surface area (Å²) in [6, 6.07) is -0.0244. The number of carboxylic acids is 1. The molecule has 0 saturated carbocycles. The van der Waals surface area contributed by atoms with Crippen LogP contribution in [0.3, 0.4) is 0 Å². The Morgan fingerprint density at radius 1 is 1.48 bits per heavy atom. The van der Waals surface area contributed by atoms with Crippen LogP contribution in [0.1, 0.15) is 26.7 Å². The van der Waals surface area contributed by atoms with Gasteiger partial charge in [-0.2, -0.15) is 0 Å². The molecule has 0 unspecified atom stereocenters. The molecule has 0 aliphatic carbocycles. The van der Waals surface area contributed by atoms with Crippen LogP contribution in [-0.2, 0) is 14.4 Å². The fourth-order valence-corrected chi connectivity index (χ4v) is 3.78. The van der Waals surface area contributed by atoms with Gasteiger partial charge in [0.25, 0.3) is 0 Å². The van der Waals surface area contributed by atoms with Gasteiger partial charge in [-0.05, 0) is 6.42 Å². The smallest absolute Gasteiger partial charge is 0.543 e. The number of hydrogen-bond donors (Lipinski definition) is 1. The van der Waals surface area contributed by atoms with Crippen molar-refractivity contribution < 1.29 is 70.9 Å². The third-order valence-corrected chi connectivity index (χ3v) is 4.75. The average Bonchev–Trinajstić information content (AvgIpc) is 2.70. The van der Waals surface area contributed by atoms with Crippen LogP contribution < -0.4 is 61.8 Å². The number of β-lactam (4-membered cyclic amide) rings is 1. The minimum atomic E-state index is -1.29. The quantitative estimate of drug-likeness (QED) is 0.308. The van der Waals surface area contributed by atoms with Gasteiger partial charge in [-0.15, -0.1) is 11.8 Å². The van der Waals surface area contributed by atoms with Gasteiger partial charge in [0.05, 0.1) is 23.6 Å². The number of amides is 2. The Kier molecular flexibility index (Phi) is 7.42. The maximum absolute atomic E-state index is 11.9. The van der Waals surface area contributed by atoms with Crippen LogP contribution in [0, 0.1) is 5.92 Å². The van der Waals surface area contributed by atoms with Crippen molar-refractivity contribution in [3.8, 4) is 0 Å². The molecule has 0 radical (unpaired) electrons. The summed E-state index contributed by atoms with van der Waals surface area (Å²) in [6.07, 6.45) is 1.31. The minimum Gasteiger partial charge on any atom is -0.543 e. The van der Waals surface area contributed by atoms with E-state index in [9.17, 15) is 19.5 Å². The zero-order valence-electron chi connectivity index (χ0n) is 12.5. The predicted octanol–water partition coefficient (Wildman–Crippen LogP) is -3.54. The predicted molar refractivity (Wildman–Crippen MR) is 72.2 cm³/mol. The molecule has 8 heteroatoms. The van der Waals surface area contributed by atoms with Crippen molar-refractivity contribution in [3.63, 3.8) is 0 Å². The minimum absolute atomic E-state index is 0. The molecular formula is C13H17KN2O4S. The number of carbonyl (C=O) groups excluding carboxylic acids is 3. The molecule has 0 aromatic rings. The zero-order chi connectivity index (χ0) is 14.9. The molecule has 2 aliphatic heterocycles. The summed E-state index contributed by atoms with van der Waals surface area (Å²) in [6.45, 7) is 3.84. The molecule has 0 aromatic carbocycles. The summed E-state index contributed by atoms with van der Waals surface area (Å²) >= 11 is 1.37. The molecule has 0 spiro atoms. The van der Waals surface area contributed by atoms with Gasteiger partial charge in [-0.1, -0.05) is 6.92 Å². The van der Waals surface area contributed by atoms with Gasteiger partial charge in [0.15, 0.2) is 0 Å². The van der Waals surface area contributed by atoms with Crippen molar-refractivity contribution in [2.45, 2.75) is 32.7 Å². The van der Waals surface area contributed by atoms with Crippen LogP contribution in [0.15, 0.2) is 10.6 Å². The first-order valence-corrected chi connectivity index (χ1v) is 7.60.